The number of benzene rings is 1. The van der Waals surface area contributed by atoms with Crippen molar-refractivity contribution in [3.05, 3.63) is 29.8 Å². The van der Waals surface area contributed by atoms with Gasteiger partial charge in [0.05, 0.1) is 6.61 Å². The van der Waals surface area contributed by atoms with Gasteiger partial charge in [0.1, 0.15) is 18.5 Å². The Morgan fingerprint density at radius 3 is 2.76 bits per heavy atom. The molecular formula is C11H14F2N2O2. The molecule has 0 amide bonds. The van der Waals surface area contributed by atoms with Gasteiger partial charge in [-0.05, 0) is 19.1 Å². The summed E-state index contributed by atoms with van der Waals surface area (Å²) in [6.07, 6.45) is -0.518. The Labute approximate surface area is 97.8 Å². The average molecular weight is 244 g/mol. The summed E-state index contributed by atoms with van der Waals surface area (Å²) in [6.45, 7) is 1.81. The van der Waals surface area contributed by atoms with Gasteiger partial charge in [-0.2, -0.15) is 4.39 Å². The van der Waals surface area contributed by atoms with Crippen molar-refractivity contribution in [2.45, 2.75) is 13.0 Å². The molecule has 1 atom stereocenters. The Morgan fingerprint density at radius 1 is 1.41 bits per heavy atom. The molecule has 1 aromatic carbocycles. The summed E-state index contributed by atoms with van der Waals surface area (Å²) in [5.41, 5.74) is 5.18. The van der Waals surface area contributed by atoms with Gasteiger partial charge in [0.2, 0.25) is 5.82 Å². The van der Waals surface area contributed by atoms with Crippen molar-refractivity contribution in [2.75, 3.05) is 13.2 Å². The fourth-order valence-corrected chi connectivity index (χ4v) is 1.06. The molecule has 6 heteroatoms. The maximum absolute atomic E-state index is 13.1. The number of rotatable bonds is 6. The molecule has 17 heavy (non-hydrogen) atoms. The third-order valence-electron chi connectivity index (χ3n) is 2.06. The summed E-state index contributed by atoms with van der Waals surface area (Å²) >= 11 is 0. The van der Waals surface area contributed by atoms with Crippen LogP contribution in [0, 0.1) is 17.0 Å². The highest BCUT2D eigenvalue weighted by Gasteiger charge is 2.09. The molecule has 0 heterocycles. The van der Waals surface area contributed by atoms with E-state index in [-0.39, 0.29) is 24.8 Å². The molecule has 3 N–H and O–H groups in total. The molecule has 1 rings (SSSR count). The lowest BCUT2D eigenvalue weighted by molar-refractivity contribution is 0.0780. The van der Waals surface area contributed by atoms with Crippen molar-refractivity contribution in [3.8, 4) is 5.75 Å². The van der Waals surface area contributed by atoms with E-state index in [2.05, 4.69) is 0 Å². The van der Waals surface area contributed by atoms with E-state index < -0.39 is 17.7 Å². The van der Waals surface area contributed by atoms with Gasteiger partial charge < -0.3 is 15.2 Å². The van der Waals surface area contributed by atoms with Crippen LogP contribution in [0.2, 0.25) is 0 Å². The molecule has 94 valence electrons. The van der Waals surface area contributed by atoms with Crippen LogP contribution in [0.25, 0.3) is 0 Å². The SMILES string of the molecule is CC(OCCOc1cccc(F)c1F)C(=N)N. The molecule has 0 aliphatic heterocycles. The zero-order chi connectivity index (χ0) is 12.8. The summed E-state index contributed by atoms with van der Waals surface area (Å²) in [7, 11) is 0. The van der Waals surface area contributed by atoms with Crippen LogP contribution in [0.4, 0.5) is 8.78 Å². The second kappa shape index (κ2) is 6.15. The molecule has 0 spiro atoms. The highest BCUT2D eigenvalue weighted by molar-refractivity contribution is 5.81. The number of nitrogens with one attached hydrogen (secondary N) is 1. The third kappa shape index (κ3) is 3.99. The summed E-state index contributed by atoms with van der Waals surface area (Å²) < 4.78 is 36.0. The summed E-state index contributed by atoms with van der Waals surface area (Å²) in [5, 5.41) is 7.06. The second-order valence-corrected chi connectivity index (χ2v) is 3.37. The van der Waals surface area contributed by atoms with Crippen LogP contribution in [0.1, 0.15) is 6.92 Å². The maximum atomic E-state index is 13.1. The van der Waals surface area contributed by atoms with E-state index in [1.807, 2.05) is 0 Å². The molecule has 0 aromatic heterocycles. The van der Waals surface area contributed by atoms with E-state index in [4.69, 9.17) is 20.6 Å². The van der Waals surface area contributed by atoms with Crippen molar-refractivity contribution in [3.63, 3.8) is 0 Å². The first-order valence-corrected chi connectivity index (χ1v) is 5.04. The maximum Gasteiger partial charge on any atom is 0.200 e. The van der Waals surface area contributed by atoms with E-state index >= 15 is 0 Å². The molecule has 0 radical (unpaired) electrons. The topological polar surface area (TPSA) is 68.3 Å². The summed E-state index contributed by atoms with van der Waals surface area (Å²) in [6, 6.07) is 3.69. The molecule has 0 fully saturated rings. The lowest BCUT2D eigenvalue weighted by Crippen LogP contribution is -2.29. The lowest BCUT2D eigenvalue weighted by Gasteiger charge is -2.12. The van der Waals surface area contributed by atoms with E-state index in [9.17, 15) is 8.78 Å². The standard InChI is InChI=1S/C11H14F2N2O2/c1-7(11(14)15)16-5-6-17-9-4-2-3-8(12)10(9)13/h2-4,7H,5-6H2,1H3,(H3,14,15). The fourth-order valence-electron chi connectivity index (χ4n) is 1.06. The predicted molar refractivity (Wildman–Crippen MR) is 59.2 cm³/mol. The van der Waals surface area contributed by atoms with Gasteiger partial charge >= 0.3 is 0 Å². The molecule has 0 saturated carbocycles. The van der Waals surface area contributed by atoms with E-state index in [0.29, 0.717) is 0 Å². The van der Waals surface area contributed by atoms with Crippen LogP contribution in [0.5, 0.6) is 5.75 Å². The lowest BCUT2D eigenvalue weighted by atomic mass is 10.3. The van der Waals surface area contributed by atoms with E-state index in [0.717, 1.165) is 6.07 Å². The molecule has 0 aliphatic rings. The minimum absolute atomic E-state index is 0.0536. The Bertz CT molecular complexity index is 399. The van der Waals surface area contributed by atoms with Crippen LogP contribution in [0.15, 0.2) is 18.2 Å². The molecule has 1 unspecified atom stereocenters. The average Bonchev–Trinajstić information content (AvgIpc) is 2.29. The molecule has 0 bridgehead atoms. The van der Waals surface area contributed by atoms with Crippen molar-refractivity contribution in [1.29, 1.82) is 5.41 Å². The largest absolute Gasteiger partial charge is 0.488 e. The first-order valence-electron chi connectivity index (χ1n) is 5.04. The molecular weight excluding hydrogens is 230 g/mol. The smallest absolute Gasteiger partial charge is 0.200 e. The van der Waals surface area contributed by atoms with Crippen molar-refractivity contribution >= 4 is 5.84 Å². The zero-order valence-electron chi connectivity index (χ0n) is 9.37. The van der Waals surface area contributed by atoms with Crippen LogP contribution in [-0.4, -0.2) is 25.2 Å². The Balaban J connectivity index is 2.36. The van der Waals surface area contributed by atoms with Gasteiger partial charge in [0.25, 0.3) is 0 Å². The van der Waals surface area contributed by atoms with Gasteiger partial charge in [0.15, 0.2) is 11.6 Å². The number of amidine groups is 1. The number of hydrogen-bond acceptors (Lipinski definition) is 3. The minimum atomic E-state index is -1.02. The van der Waals surface area contributed by atoms with E-state index in [1.165, 1.54) is 12.1 Å². The highest BCUT2D eigenvalue weighted by Crippen LogP contribution is 2.18. The Hall–Kier alpha value is -1.69. The van der Waals surface area contributed by atoms with E-state index in [1.54, 1.807) is 6.92 Å². The molecule has 0 saturated heterocycles. The van der Waals surface area contributed by atoms with Gasteiger partial charge in [-0.15, -0.1) is 0 Å². The molecule has 1 aromatic rings. The van der Waals surface area contributed by atoms with Crippen molar-refractivity contribution in [1.82, 2.24) is 0 Å². The first kappa shape index (κ1) is 13.4. The Kier molecular flexibility index (Phi) is 4.84. The highest BCUT2D eigenvalue weighted by atomic mass is 19.2. The second-order valence-electron chi connectivity index (χ2n) is 3.37. The molecule has 4 nitrogen and oxygen atoms in total. The van der Waals surface area contributed by atoms with Crippen LogP contribution >= 0.6 is 0 Å². The molecule has 0 aliphatic carbocycles. The first-order chi connectivity index (χ1) is 8.02. The van der Waals surface area contributed by atoms with Gasteiger partial charge in [0, 0.05) is 0 Å². The van der Waals surface area contributed by atoms with Gasteiger partial charge in [-0.25, -0.2) is 4.39 Å². The number of ether oxygens (including phenoxy) is 2. The van der Waals surface area contributed by atoms with Gasteiger partial charge in [-0.3, -0.25) is 5.41 Å². The summed E-state index contributed by atoms with van der Waals surface area (Å²) in [4.78, 5) is 0. The number of hydrogen-bond donors (Lipinski definition) is 2. The quantitative estimate of drug-likeness (QED) is 0.454. The minimum Gasteiger partial charge on any atom is -0.488 e. The van der Waals surface area contributed by atoms with Gasteiger partial charge in [-0.1, -0.05) is 6.07 Å². The number of nitrogens with two attached hydrogens (primary N) is 1. The van der Waals surface area contributed by atoms with Crippen molar-refractivity contribution in [2.24, 2.45) is 5.73 Å². The fraction of sp³-hybridized carbons (Fsp3) is 0.364. The van der Waals surface area contributed by atoms with Crippen LogP contribution in [0.3, 0.4) is 0 Å². The normalized spacial score (nSPS) is 12.2. The van der Waals surface area contributed by atoms with Crippen LogP contribution in [-0.2, 0) is 4.74 Å². The van der Waals surface area contributed by atoms with Crippen molar-refractivity contribution < 1.29 is 18.3 Å². The monoisotopic (exact) mass is 244 g/mol. The number of halogens is 2. The van der Waals surface area contributed by atoms with Crippen LogP contribution < -0.4 is 10.5 Å². The zero-order valence-corrected chi connectivity index (χ0v) is 9.37. The predicted octanol–water partition coefficient (Wildman–Crippen LogP) is 1.68. The third-order valence-corrected chi connectivity index (χ3v) is 2.06. The Morgan fingerprint density at radius 2 is 2.12 bits per heavy atom. The summed E-state index contributed by atoms with van der Waals surface area (Å²) in [5.74, 6) is -2.24.